The maximum Gasteiger partial charge on any atom is 0.0888 e. The van der Waals surface area contributed by atoms with Crippen molar-refractivity contribution < 1.29 is 5.11 Å². The maximum atomic E-state index is 10.7. The van der Waals surface area contributed by atoms with E-state index in [1.54, 1.807) is 6.20 Å². The van der Waals surface area contributed by atoms with Gasteiger partial charge in [0, 0.05) is 27.3 Å². The van der Waals surface area contributed by atoms with Crippen LogP contribution in [0.2, 0.25) is 5.02 Å². The van der Waals surface area contributed by atoms with Gasteiger partial charge in [-0.05, 0) is 48.6 Å². The zero-order valence-electron chi connectivity index (χ0n) is 10.9. The molecule has 4 heteroatoms. The van der Waals surface area contributed by atoms with Crippen LogP contribution in [0.3, 0.4) is 0 Å². The van der Waals surface area contributed by atoms with Gasteiger partial charge in [-0.15, -0.1) is 0 Å². The van der Waals surface area contributed by atoms with Crippen LogP contribution in [0.5, 0.6) is 0 Å². The van der Waals surface area contributed by atoms with Gasteiger partial charge in [0.25, 0.3) is 0 Å². The summed E-state index contributed by atoms with van der Waals surface area (Å²) in [5, 5.41) is 11.3. The van der Waals surface area contributed by atoms with Crippen LogP contribution in [0, 0.1) is 0 Å². The van der Waals surface area contributed by atoms with Crippen LogP contribution in [0.1, 0.15) is 41.7 Å². The Kier molecular flexibility index (Phi) is 4.11. The molecule has 1 aliphatic rings. The number of pyridine rings is 1. The van der Waals surface area contributed by atoms with Crippen LogP contribution in [0.25, 0.3) is 0 Å². The molecule has 1 N–H and O–H groups in total. The van der Waals surface area contributed by atoms with E-state index in [0.717, 1.165) is 35.0 Å². The predicted octanol–water partition coefficient (Wildman–Crippen LogP) is 4.65. The lowest BCUT2D eigenvalue weighted by Gasteiger charge is -2.29. The second-order valence-corrected chi connectivity index (χ2v) is 6.48. The number of benzene rings is 1. The van der Waals surface area contributed by atoms with Crippen molar-refractivity contribution in [1.29, 1.82) is 0 Å². The van der Waals surface area contributed by atoms with Crippen LogP contribution < -0.4 is 0 Å². The number of fused-ring (bicyclic) bond motifs is 1. The molecule has 1 aliphatic carbocycles. The largest absolute Gasteiger partial charge is 0.388 e. The number of aromatic nitrogens is 1. The van der Waals surface area contributed by atoms with Crippen molar-refractivity contribution in [2.24, 2.45) is 0 Å². The highest BCUT2D eigenvalue weighted by Crippen LogP contribution is 2.41. The SMILES string of the molecule is OC(c1ccc(Br)cc1Cl)C1CCCc2cccnc21. The van der Waals surface area contributed by atoms with E-state index < -0.39 is 6.10 Å². The van der Waals surface area contributed by atoms with Crippen molar-refractivity contribution in [2.45, 2.75) is 31.3 Å². The lowest BCUT2D eigenvalue weighted by atomic mass is 9.81. The monoisotopic (exact) mass is 351 g/mol. The molecule has 1 aromatic heterocycles. The topological polar surface area (TPSA) is 33.1 Å². The first-order valence-electron chi connectivity index (χ1n) is 6.73. The molecule has 0 fully saturated rings. The third-order valence-electron chi connectivity index (χ3n) is 3.90. The van der Waals surface area contributed by atoms with E-state index in [9.17, 15) is 5.11 Å². The molecule has 2 unspecified atom stereocenters. The number of nitrogens with zero attached hydrogens (tertiary/aromatic N) is 1. The summed E-state index contributed by atoms with van der Waals surface area (Å²) in [5.74, 6) is 0.0265. The molecule has 2 atom stereocenters. The van der Waals surface area contributed by atoms with Crippen molar-refractivity contribution in [2.75, 3.05) is 0 Å². The van der Waals surface area contributed by atoms with Gasteiger partial charge in [-0.25, -0.2) is 0 Å². The molecule has 0 aliphatic heterocycles. The number of hydrogen-bond acceptors (Lipinski definition) is 2. The van der Waals surface area contributed by atoms with E-state index in [1.807, 2.05) is 24.3 Å². The summed E-state index contributed by atoms with van der Waals surface area (Å²) < 4.78 is 0.917. The summed E-state index contributed by atoms with van der Waals surface area (Å²) in [4.78, 5) is 4.48. The predicted molar refractivity (Wildman–Crippen MR) is 84.0 cm³/mol. The summed E-state index contributed by atoms with van der Waals surface area (Å²) in [6.07, 6.45) is 4.25. The lowest BCUT2D eigenvalue weighted by Crippen LogP contribution is -2.18. The Bertz CT molecular complexity index is 632. The third-order valence-corrected chi connectivity index (χ3v) is 4.72. The number of halogens is 2. The summed E-state index contributed by atoms with van der Waals surface area (Å²) >= 11 is 9.65. The van der Waals surface area contributed by atoms with Crippen LogP contribution in [0.15, 0.2) is 41.0 Å². The molecule has 0 amide bonds. The summed E-state index contributed by atoms with van der Waals surface area (Å²) in [6, 6.07) is 9.67. The molecule has 0 saturated heterocycles. The molecule has 3 rings (SSSR count). The van der Waals surface area contributed by atoms with Crippen LogP contribution in [-0.4, -0.2) is 10.1 Å². The number of aliphatic hydroxyl groups excluding tert-OH is 1. The third kappa shape index (κ3) is 2.62. The molecule has 0 radical (unpaired) electrons. The first-order chi connectivity index (χ1) is 9.66. The minimum absolute atomic E-state index is 0.0265. The van der Waals surface area contributed by atoms with Gasteiger partial charge in [-0.2, -0.15) is 0 Å². The quantitative estimate of drug-likeness (QED) is 0.853. The lowest BCUT2D eigenvalue weighted by molar-refractivity contribution is 0.134. The second-order valence-electron chi connectivity index (χ2n) is 5.16. The summed E-state index contributed by atoms with van der Waals surface area (Å²) in [7, 11) is 0. The molecule has 1 aromatic carbocycles. The molecule has 2 aromatic rings. The van der Waals surface area contributed by atoms with E-state index >= 15 is 0 Å². The molecular weight excluding hydrogens is 338 g/mol. The van der Waals surface area contributed by atoms with Gasteiger partial charge in [-0.1, -0.05) is 39.7 Å². The maximum absolute atomic E-state index is 10.7. The first kappa shape index (κ1) is 14.1. The van der Waals surface area contributed by atoms with Crippen molar-refractivity contribution in [1.82, 2.24) is 4.98 Å². The Morgan fingerprint density at radius 1 is 1.35 bits per heavy atom. The van der Waals surface area contributed by atoms with Crippen LogP contribution >= 0.6 is 27.5 Å². The Morgan fingerprint density at radius 2 is 2.20 bits per heavy atom. The zero-order chi connectivity index (χ0) is 14.1. The van der Waals surface area contributed by atoms with E-state index in [-0.39, 0.29) is 5.92 Å². The highest BCUT2D eigenvalue weighted by molar-refractivity contribution is 9.10. The normalized spacial score (nSPS) is 19.4. The van der Waals surface area contributed by atoms with Gasteiger partial charge >= 0.3 is 0 Å². The fraction of sp³-hybridized carbons (Fsp3) is 0.312. The van der Waals surface area contributed by atoms with Gasteiger partial charge in [0.1, 0.15) is 0 Å². The summed E-state index contributed by atoms with van der Waals surface area (Å²) in [6.45, 7) is 0. The van der Waals surface area contributed by atoms with E-state index in [1.165, 1.54) is 5.56 Å². The molecule has 0 saturated carbocycles. The molecule has 2 nitrogen and oxygen atoms in total. The molecular formula is C16H15BrClNO. The van der Waals surface area contributed by atoms with Gasteiger partial charge in [0.2, 0.25) is 0 Å². The highest BCUT2D eigenvalue weighted by atomic mass is 79.9. The van der Waals surface area contributed by atoms with E-state index in [2.05, 4.69) is 27.0 Å². The number of aliphatic hydroxyl groups is 1. The fourth-order valence-corrected chi connectivity index (χ4v) is 3.70. The average Bonchev–Trinajstić information content (AvgIpc) is 2.46. The number of aryl methyl sites for hydroxylation is 1. The molecule has 1 heterocycles. The minimum atomic E-state index is -0.607. The van der Waals surface area contributed by atoms with Crippen LogP contribution in [-0.2, 0) is 6.42 Å². The van der Waals surface area contributed by atoms with Gasteiger partial charge in [0.15, 0.2) is 0 Å². The van der Waals surface area contributed by atoms with Crippen molar-refractivity contribution in [3.8, 4) is 0 Å². The Balaban J connectivity index is 1.97. The fourth-order valence-electron chi connectivity index (χ4n) is 2.91. The average molecular weight is 353 g/mol. The Morgan fingerprint density at radius 3 is 3.00 bits per heavy atom. The smallest absolute Gasteiger partial charge is 0.0888 e. The molecule has 0 spiro atoms. The Hall–Kier alpha value is -0.900. The van der Waals surface area contributed by atoms with E-state index in [4.69, 9.17) is 11.6 Å². The zero-order valence-corrected chi connectivity index (χ0v) is 13.2. The van der Waals surface area contributed by atoms with Gasteiger partial charge in [0.05, 0.1) is 6.10 Å². The van der Waals surface area contributed by atoms with Crippen LogP contribution in [0.4, 0.5) is 0 Å². The Labute approximate surface area is 131 Å². The van der Waals surface area contributed by atoms with Gasteiger partial charge < -0.3 is 5.11 Å². The number of hydrogen-bond donors (Lipinski definition) is 1. The van der Waals surface area contributed by atoms with E-state index in [0.29, 0.717) is 5.02 Å². The number of rotatable bonds is 2. The highest BCUT2D eigenvalue weighted by Gasteiger charge is 2.29. The molecule has 0 bridgehead atoms. The second kappa shape index (κ2) is 5.84. The van der Waals surface area contributed by atoms with Crippen molar-refractivity contribution >= 4 is 27.5 Å². The summed E-state index contributed by atoms with van der Waals surface area (Å²) in [5.41, 5.74) is 3.04. The van der Waals surface area contributed by atoms with Crippen molar-refractivity contribution in [3.63, 3.8) is 0 Å². The molecule has 20 heavy (non-hydrogen) atoms. The van der Waals surface area contributed by atoms with Crippen molar-refractivity contribution in [3.05, 3.63) is 62.8 Å². The first-order valence-corrected chi connectivity index (χ1v) is 7.90. The minimum Gasteiger partial charge on any atom is -0.388 e. The molecule has 104 valence electrons. The van der Waals surface area contributed by atoms with Gasteiger partial charge in [-0.3, -0.25) is 4.98 Å². The standard InChI is InChI=1S/C16H15BrClNO/c17-11-6-7-12(14(18)9-11)16(20)13-5-1-3-10-4-2-8-19-15(10)13/h2,4,6-9,13,16,20H,1,3,5H2.